The van der Waals surface area contributed by atoms with Crippen molar-refractivity contribution in [1.29, 1.82) is 0 Å². The second kappa shape index (κ2) is 8.54. The molecule has 0 atom stereocenters. The van der Waals surface area contributed by atoms with E-state index in [1.807, 2.05) is 6.07 Å². The summed E-state index contributed by atoms with van der Waals surface area (Å²) in [5.74, 6) is 0.699. The Morgan fingerprint density at radius 1 is 1.06 bits per heavy atom. The number of aromatic nitrogens is 3. The lowest BCUT2D eigenvalue weighted by Crippen LogP contribution is -2.22. The fraction of sp³-hybridized carbons (Fsp3) is 0.480. The first-order valence-electron chi connectivity index (χ1n) is 11.8. The van der Waals surface area contributed by atoms with Gasteiger partial charge in [-0.15, -0.1) is 0 Å². The number of hydrogen-bond donors (Lipinski definition) is 2. The Morgan fingerprint density at radius 3 is 2.50 bits per heavy atom. The number of nitrogens with zero attached hydrogens (tertiary/aromatic N) is 4. The van der Waals surface area contributed by atoms with Crippen LogP contribution in [-0.2, 0) is 13.1 Å². The van der Waals surface area contributed by atoms with Crippen LogP contribution in [0.2, 0.25) is 0 Å². The summed E-state index contributed by atoms with van der Waals surface area (Å²) in [6.45, 7) is 6.87. The zero-order chi connectivity index (χ0) is 22.1. The summed E-state index contributed by atoms with van der Waals surface area (Å²) >= 11 is 0. The molecule has 7 heteroatoms. The van der Waals surface area contributed by atoms with Gasteiger partial charge in [0.1, 0.15) is 11.2 Å². The molecule has 32 heavy (non-hydrogen) atoms. The van der Waals surface area contributed by atoms with Crippen molar-refractivity contribution in [3.05, 3.63) is 58.0 Å². The number of pyridine rings is 1. The lowest BCUT2D eigenvalue weighted by Gasteiger charge is -2.16. The predicted octanol–water partition coefficient (Wildman–Crippen LogP) is 3.62. The van der Waals surface area contributed by atoms with Crippen LogP contribution in [0, 0.1) is 5.41 Å². The molecule has 2 aliphatic rings. The van der Waals surface area contributed by atoms with Gasteiger partial charge in [0.15, 0.2) is 0 Å². The van der Waals surface area contributed by atoms with Gasteiger partial charge in [-0.3, -0.25) is 9.69 Å². The van der Waals surface area contributed by atoms with E-state index in [2.05, 4.69) is 51.4 Å². The molecule has 0 unspecified atom stereocenters. The van der Waals surface area contributed by atoms with Crippen molar-refractivity contribution >= 4 is 22.7 Å². The van der Waals surface area contributed by atoms with Gasteiger partial charge >= 0.3 is 0 Å². The summed E-state index contributed by atoms with van der Waals surface area (Å²) in [6, 6.07) is 10.5. The molecule has 1 saturated heterocycles. The molecule has 1 aliphatic heterocycles. The first kappa shape index (κ1) is 20.9. The van der Waals surface area contributed by atoms with Crippen LogP contribution < -0.4 is 16.6 Å². The van der Waals surface area contributed by atoms with Crippen molar-refractivity contribution in [2.75, 3.05) is 30.7 Å². The van der Waals surface area contributed by atoms with Gasteiger partial charge in [-0.25, -0.2) is 4.98 Å². The number of hydrogen-bond acceptors (Lipinski definition) is 6. The third-order valence-corrected chi connectivity index (χ3v) is 6.92. The smallest absolute Gasteiger partial charge is 0.264 e. The van der Waals surface area contributed by atoms with Crippen LogP contribution in [0.4, 0.5) is 11.8 Å². The van der Waals surface area contributed by atoms with Crippen LogP contribution in [0.1, 0.15) is 50.2 Å². The molecular weight excluding hydrogens is 400 g/mol. The normalized spacial score (nSPS) is 17.3. The van der Waals surface area contributed by atoms with Crippen molar-refractivity contribution in [1.82, 2.24) is 19.4 Å². The highest BCUT2D eigenvalue weighted by atomic mass is 16.1. The molecule has 0 radical (unpaired) electrons. The SMILES string of the molecule is CCCCNc1nc(N)nc2ccn(Cc3ccc(CN4CCC5(CC5)C4)cc3)c(=O)c12. The molecule has 1 spiro atoms. The lowest BCUT2D eigenvalue weighted by atomic mass is 10.1. The van der Waals surface area contributed by atoms with Crippen LogP contribution in [0.25, 0.3) is 10.9 Å². The summed E-state index contributed by atoms with van der Waals surface area (Å²) in [6.07, 6.45) is 8.04. The number of benzene rings is 1. The minimum atomic E-state index is -0.0997. The fourth-order valence-corrected chi connectivity index (χ4v) is 4.79. The van der Waals surface area contributed by atoms with E-state index in [-0.39, 0.29) is 11.5 Å². The van der Waals surface area contributed by atoms with Gasteiger partial charge in [0.25, 0.3) is 5.56 Å². The Morgan fingerprint density at radius 2 is 1.81 bits per heavy atom. The molecule has 1 aliphatic carbocycles. The van der Waals surface area contributed by atoms with E-state index in [0.717, 1.165) is 31.5 Å². The third-order valence-electron chi connectivity index (χ3n) is 6.92. The van der Waals surface area contributed by atoms with E-state index in [0.29, 0.717) is 28.7 Å². The van der Waals surface area contributed by atoms with E-state index in [1.54, 1.807) is 10.8 Å². The highest BCUT2D eigenvalue weighted by molar-refractivity contribution is 5.89. The van der Waals surface area contributed by atoms with Crippen molar-refractivity contribution < 1.29 is 0 Å². The van der Waals surface area contributed by atoms with E-state index < -0.39 is 0 Å². The van der Waals surface area contributed by atoms with E-state index in [4.69, 9.17) is 5.73 Å². The van der Waals surface area contributed by atoms with Gasteiger partial charge in [0.2, 0.25) is 5.95 Å². The van der Waals surface area contributed by atoms with E-state index >= 15 is 0 Å². The van der Waals surface area contributed by atoms with Gasteiger partial charge in [0, 0.05) is 25.8 Å². The molecular formula is C25H32N6O. The van der Waals surface area contributed by atoms with Gasteiger partial charge in [0.05, 0.1) is 12.1 Å². The number of rotatable bonds is 8. The monoisotopic (exact) mass is 432 g/mol. The molecule has 5 rings (SSSR count). The Hall–Kier alpha value is -2.93. The minimum Gasteiger partial charge on any atom is -0.369 e. The number of nitrogens with two attached hydrogens (primary N) is 1. The van der Waals surface area contributed by atoms with Crippen molar-refractivity contribution in [2.24, 2.45) is 5.41 Å². The average Bonchev–Trinajstić information content (AvgIpc) is 3.42. The third kappa shape index (κ3) is 4.35. The average molecular weight is 433 g/mol. The summed E-state index contributed by atoms with van der Waals surface area (Å²) < 4.78 is 1.72. The number of nitrogen functional groups attached to an aromatic ring is 1. The molecule has 168 valence electrons. The second-order valence-corrected chi connectivity index (χ2v) is 9.50. The van der Waals surface area contributed by atoms with Gasteiger partial charge < -0.3 is 15.6 Å². The van der Waals surface area contributed by atoms with Gasteiger partial charge in [-0.2, -0.15) is 4.98 Å². The molecule has 7 nitrogen and oxygen atoms in total. The summed E-state index contributed by atoms with van der Waals surface area (Å²) in [4.78, 5) is 24.4. The molecule has 0 bridgehead atoms. The maximum atomic E-state index is 13.3. The first-order chi connectivity index (χ1) is 15.5. The van der Waals surface area contributed by atoms with Crippen LogP contribution >= 0.6 is 0 Å². The van der Waals surface area contributed by atoms with Crippen molar-refractivity contribution in [3.63, 3.8) is 0 Å². The Balaban J connectivity index is 1.33. The molecule has 3 heterocycles. The van der Waals surface area contributed by atoms with Crippen molar-refractivity contribution in [3.8, 4) is 0 Å². The highest BCUT2D eigenvalue weighted by Gasteiger charge is 2.47. The van der Waals surface area contributed by atoms with E-state index in [1.165, 1.54) is 37.9 Å². The molecule has 3 N–H and O–H groups in total. The van der Waals surface area contributed by atoms with Crippen molar-refractivity contribution in [2.45, 2.75) is 52.1 Å². The van der Waals surface area contributed by atoms with Crippen LogP contribution in [-0.4, -0.2) is 39.1 Å². The molecule has 3 aromatic rings. The summed E-state index contributed by atoms with van der Waals surface area (Å²) in [7, 11) is 0. The summed E-state index contributed by atoms with van der Waals surface area (Å²) in [5.41, 5.74) is 9.44. The standard InChI is InChI=1S/C25H32N6O/c1-2-3-12-27-22-21-20(28-24(26)29-22)8-13-31(23(21)32)16-19-6-4-18(5-7-19)15-30-14-11-25(17-30)9-10-25/h4-8,13H,2-3,9-12,14-17H2,1H3,(H3,26,27,28,29). The molecule has 2 fully saturated rings. The van der Waals surface area contributed by atoms with Crippen LogP contribution in [0.3, 0.4) is 0 Å². The zero-order valence-corrected chi connectivity index (χ0v) is 18.8. The lowest BCUT2D eigenvalue weighted by molar-refractivity contribution is 0.312. The number of likely N-dealkylation sites (tertiary alicyclic amines) is 1. The van der Waals surface area contributed by atoms with Crippen LogP contribution in [0.5, 0.6) is 0 Å². The topological polar surface area (TPSA) is 89.1 Å². The molecule has 0 amide bonds. The summed E-state index contributed by atoms with van der Waals surface area (Å²) in [5, 5.41) is 3.76. The number of fused-ring (bicyclic) bond motifs is 1. The Bertz CT molecular complexity index is 1170. The van der Waals surface area contributed by atoms with Gasteiger partial charge in [-0.05, 0) is 54.8 Å². The molecule has 1 aromatic carbocycles. The second-order valence-electron chi connectivity index (χ2n) is 9.50. The molecule has 1 saturated carbocycles. The van der Waals surface area contributed by atoms with E-state index in [9.17, 15) is 4.79 Å². The van der Waals surface area contributed by atoms with Crippen LogP contribution in [0.15, 0.2) is 41.3 Å². The Labute approximate surface area is 188 Å². The minimum absolute atomic E-state index is 0.0997. The quantitative estimate of drug-likeness (QED) is 0.529. The first-order valence-corrected chi connectivity index (χ1v) is 11.8. The molecule has 2 aromatic heterocycles. The largest absolute Gasteiger partial charge is 0.369 e. The maximum absolute atomic E-state index is 13.3. The zero-order valence-electron chi connectivity index (χ0n) is 18.8. The number of nitrogens with one attached hydrogen (secondary N) is 1. The maximum Gasteiger partial charge on any atom is 0.264 e. The fourth-order valence-electron chi connectivity index (χ4n) is 4.79. The predicted molar refractivity (Wildman–Crippen MR) is 129 cm³/mol. The Kier molecular flexibility index (Phi) is 5.59. The van der Waals surface area contributed by atoms with Gasteiger partial charge in [-0.1, -0.05) is 37.6 Å². The highest BCUT2D eigenvalue weighted by Crippen LogP contribution is 2.52. The number of anilines is 2. The number of unbranched alkanes of at least 4 members (excludes halogenated alkanes) is 1.